The third-order valence-electron chi connectivity index (χ3n) is 2.93. The van der Waals surface area contributed by atoms with Crippen LogP contribution in [-0.4, -0.2) is 35.7 Å². The smallest absolute Gasteiger partial charge is 0.0679 e. The summed E-state index contributed by atoms with van der Waals surface area (Å²) < 4.78 is 0. The molecule has 0 aliphatic carbocycles. The Morgan fingerprint density at radius 3 is 2.50 bits per heavy atom. The van der Waals surface area contributed by atoms with E-state index in [9.17, 15) is 5.11 Å². The third-order valence-corrected chi connectivity index (χ3v) is 2.93. The van der Waals surface area contributed by atoms with Crippen molar-refractivity contribution in [3.05, 3.63) is 0 Å². The molecule has 1 heterocycles. The van der Waals surface area contributed by atoms with E-state index in [-0.39, 0.29) is 6.10 Å². The van der Waals surface area contributed by atoms with E-state index in [0.717, 1.165) is 37.9 Å². The minimum atomic E-state index is -0.0654. The topological polar surface area (TPSA) is 23.5 Å². The van der Waals surface area contributed by atoms with E-state index in [1.54, 1.807) is 0 Å². The van der Waals surface area contributed by atoms with Gasteiger partial charge in [0, 0.05) is 19.6 Å². The first-order chi connectivity index (χ1) is 5.59. The Bertz CT molecular complexity index is 136. The molecule has 1 aliphatic rings. The van der Waals surface area contributed by atoms with Gasteiger partial charge in [0.05, 0.1) is 6.10 Å². The van der Waals surface area contributed by atoms with E-state index >= 15 is 0 Å². The van der Waals surface area contributed by atoms with Crippen LogP contribution in [0.2, 0.25) is 0 Å². The second kappa shape index (κ2) is 4.24. The minimum absolute atomic E-state index is 0.0654. The molecule has 0 saturated carbocycles. The average Bonchev–Trinajstić information content (AvgIpc) is 2.35. The average molecular weight is 171 g/mol. The van der Waals surface area contributed by atoms with E-state index in [1.807, 2.05) is 0 Å². The maximum atomic E-state index is 9.31. The number of rotatable bonds is 3. The van der Waals surface area contributed by atoms with Crippen molar-refractivity contribution in [2.24, 2.45) is 11.8 Å². The lowest BCUT2D eigenvalue weighted by atomic mass is 9.98. The Hall–Kier alpha value is -0.0800. The van der Waals surface area contributed by atoms with Crippen LogP contribution in [-0.2, 0) is 0 Å². The van der Waals surface area contributed by atoms with Crippen LogP contribution in [0.4, 0.5) is 0 Å². The monoisotopic (exact) mass is 171 g/mol. The van der Waals surface area contributed by atoms with E-state index in [1.165, 1.54) is 0 Å². The van der Waals surface area contributed by atoms with Crippen LogP contribution < -0.4 is 0 Å². The summed E-state index contributed by atoms with van der Waals surface area (Å²) in [7, 11) is 0. The van der Waals surface area contributed by atoms with Gasteiger partial charge in [0.2, 0.25) is 0 Å². The van der Waals surface area contributed by atoms with Gasteiger partial charge < -0.3 is 10.0 Å². The summed E-state index contributed by atoms with van der Waals surface area (Å²) in [6.07, 6.45) is 0.898. The SMILES string of the molecule is CC(C)[C@@H](C)CN1CC[C@H](O)C1. The molecule has 1 saturated heterocycles. The lowest BCUT2D eigenvalue weighted by Gasteiger charge is -2.22. The molecule has 0 spiro atoms. The fourth-order valence-electron chi connectivity index (χ4n) is 1.60. The summed E-state index contributed by atoms with van der Waals surface area (Å²) in [5.74, 6) is 1.50. The van der Waals surface area contributed by atoms with Crippen LogP contribution in [0.15, 0.2) is 0 Å². The molecule has 0 aromatic heterocycles. The number of β-amino-alcohol motifs (C(OH)–C–C–N with tert-alkyl or cyclic N) is 1. The van der Waals surface area contributed by atoms with Crippen LogP contribution in [0.25, 0.3) is 0 Å². The summed E-state index contributed by atoms with van der Waals surface area (Å²) in [5.41, 5.74) is 0. The van der Waals surface area contributed by atoms with Crippen LogP contribution in [0, 0.1) is 11.8 Å². The molecule has 1 fully saturated rings. The van der Waals surface area contributed by atoms with Gasteiger partial charge in [-0.1, -0.05) is 20.8 Å². The molecule has 12 heavy (non-hydrogen) atoms. The van der Waals surface area contributed by atoms with E-state index in [2.05, 4.69) is 25.7 Å². The van der Waals surface area contributed by atoms with Gasteiger partial charge >= 0.3 is 0 Å². The first-order valence-electron chi connectivity index (χ1n) is 5.00. The van der Waals surface area contributed by atoms with Crippen LogP contribution in [0.1, 0.15) is 27.2 Å². The second-order valence-electron chi connectivity index (χ2n) is 4.42. The van der Waals surface area contributed by atoms with Crippen LogP contribution in [0.5, 0.6) is 0 Å². The number of aliphatic hydroxyl groups is 1. The first-order valence-corrected chi connectivity index (χ1v) is 5.00. The summed E-state index contributed by atoms with van der Waals surface area (Å²) in [6.45, 7) is 9.92. The summed E-state index contributed by atoms with van der Waals surface area (Å²) in [4.78, 5) is 2.37. The van der Waals surface area contributed by atoms with Crippen LogP contribution in [0.3, 0.4) is 0 Å². The highest BCUT2D eigenvalue weighted by atomic mass is 16.3. The number of hydrogen-bond donors (Lipinski definition) is 1. The number of aliphatic hydroxyl groups excluding tert-OH is 1. The largest absolute Gasteiger partial charge is 0.392 e. The highest BCUT2D eigenvalue weighted by Gasteiger charge is 2.22. The van der Waals surface area contributed by atoms with Gasteiger partial charge in [-0.2, -0.15) is 0 Å². The van der Waals surface area contributed by atoms with Crippen molar-refractivity contribution in [1.82, 2.24) is 4.90 Å². The third kappa shape index (κ3) is 2.76. The van der Waals surface area contributed by atoms with Gasteiger partial charge in [-0.15, -0.1) is 0 Å². The number of hydrogen-bond acceptors (Lipinski definition) is 2. The lowest BCUT2D eigenvalue weighted by molar-refractivity contribution is 0.166. The zero-order valence-electron chi connectivity index (χ0n) is 8.45. The zero-order chi connectivity index (χ0) is 9.14. The van der Waals surface area contributed by atoms with Crippen molar-refractivity contribution in [2.45, 2.75) is 33.3 Å². The first kappa shape index (κ1) is 10.0. The van der Waals surface area contributed by atoms with Gasteiger partial charge in [0.15, 0.2) is 0 Å². The molecule has 0 unspecified atom stereocenters. The summed E-state index contributed by atoms with van der Waals surface area (Å²) >= 11 is 0. The number of nitrogens with zero attached hydrogens (tertiary/aromatic N) is 1. The summed E-state index contributed by atoms with van der Waals surface area (Å²) in [6, 6.07) is 0. The number of likely N-dealkylation sites (tertiary alicyclic amines) is 1. The van der Waals surface area contributed by atoms with Crippen molar-refractivity contribution in [2.75, 3.05) is 19.6 Å². The molecule has 2 nitrogen and oxygen atoms in total. The van der Waals surface area contributed by atoms with Crippen LogP contribution >= 0.6 is 0 Å². The van der Waals surface area contributed by atoms with Gasteiger partial charge in [0.25, 0.3) is 0 Å². The minimum Gasteiger partial charge on any atom is -0.392 e. The molecule has 1 aliphatic heterocycles. The van der Waals surface area contributed by atoms with E-state index in [4.69, 9.17) is 0 Å². The highest BCUT2D eigenvalue weighted by Crippen LogP contribution is 2.15. The molecule has 2 heteroatoms. The molecule has 0 radical (unpaired) electrons. The van der Waals surface area contributed by atoms with E-state index < -0.39 is 0 Å². The van der Waals surface area contributed by atoms with Gasteiger partial charge in [-0.3, -0.25) is 0 Å². The highest BCUT2D eigenvalue weighted by molar-refractivity contribution is 4.76. The standard InChI is InChI=1S/C10H21NO/c1-8(2)9(3)6-11-5-4-10(12)7-11/h8-10,12H,4-7H2,1-3H3/t9-,10-/m0/s1. The van der Waals surface area contributed by atoms with Crippen molar-refractivity contribution < 1.29 is 5.11 Å². The molecular weight excluding hydrogens is 150 g/mol. The molecule has 2 atom stereocenters. The van der Waals surface area contributed by atoms with Gasteiger partial charge in [-0.25, -0.2) is 0 Å². The fraction of sp³-hybridized carbons (Fsp3) is 1.00. The van der Waals surface area contributed by atoms with Crippen molar-refractivity contribution in [3.63, 3.8) is 0 Å². The molecule has 0 aromatic rings. The van der Waals surface area contributed by atoms with Crippen molar-refractivity contribution in [3.8, 4) is 0 Å². The molecule has 0 bridgehead atoms. The Kier molecular flexibility index (Phi) is 3.53. The van der Waals surface area contributed by atoms with Crippen molar-refractivity contribution >= 4 is 0 Å². The van der Waals surface area contributed by atoms with Gasteiger partial charge in [-0.05, 0) is 18.3 Å². The normalized spacial score (nSPS) is 28.2. The van der Waals surface area contributed by atoms with E-state index in [0.29, 0.717) is 0 Å². The Morgan fingerprint density at radius 2 is 2.08 bits per heavy atom. The molecule has 0 aromatic carbocycles. The Balaban J connectivity index is 2.23. The summed E-state index contributed by atoms with van der Waals surface area (Å²) in [5, 5.41) is 9.31. The molecule has 1 rings (SSSR count). The predicted octanol–water partition coefficient (Wildman–Crippen LogP) is 1.35. The molecule has 0 amide bonds. The predicted molar refractivity (Wildman–Crippen MR) is 51.1 cm³/mol. The second-order valence-corrected chi connectivity index (χ2v) is 4.42. The quantitative estimate of drug-likeness (QED) is 0.693. The van der Waals surface area contributed by atoms with Gasteiger partial charge in [0.1, 0.15) is 0 Å². The fourth-order valence-corrected chi connectivity index (χ4v) is 1.60. The maximum absolute atomic E-state index is 9.31. The molecule has 72 valence electrons. The molecule has 1 N–H and O–H groups in total. The van der Waals surface area contributed by atoms with Crippen molar-refractivity contribution in [1.29, 1.82) is 0 Å². The maximum Gasteiger partial charge on any atom is 0.0679 e. The lowest BCUT2D eigenvalue weighted by Crippen LogP contribution is -2.29. The zero-order valence-corrected chi connectivity index (χ0v) is 8.45. The molecular formula is C10H21NO. The Labute approximate surface area is 75.6 Å². The Morgan fingerprint density at radius 1 is 1.42 bits per heavy atom.